The van der Waals surface area contributed by atoms with Crippen LogP contribution in [0.25, 0.3) is 0 Å². The summed E-state index contributed by atoms with van der Waals surface area (Å²) in [7, 11) is 17.0. The lowest BCUT2D eigenvalue weighted by Crippen LogP contribution is -3.08. The number of unbranched alkanes of at least 4 members (excludes halogenated alkanes) is 1. The van der Waals surface area contributed by atoms with Gasteiger partial charge in [0.15, 0.2) is 0 Å². The minimum Gasteiger partial charge on any atom is -0.391 e. The smallest absolute Gasteiger partial charge is 0.391 e. The largest absolute Gasteiger partial charge is 0.564 e. The Morgan fingerprint density at radius 1 is 1.33 bits per heavy atom. The highest BCUT2D eigenvalue weighted by molar-refractivity contribution is 7.81. The summed E-state index contributed by atoms with van der Waals surface area (Å²) < 4.78 is 0. The topological polar surface area (TPSA) is 16.8 Å². The van der Waals surface area contributed by atoms with Crippen LogP contribution in [0, 0.1) is 0 Å². The number of halogens is 4. The summed E-state index contributed by atoms with van der Waals surface area (Å²) in [4.78, 5) is 5.59. The summed E-state index contributed by atoms with van der Waals surface area (Å²) >= 11 is 0. The fourth-order valence-electron chi connectivity index (χ4n) is 1.07. The zero-order valence-corrected chi connectivity index (χ0v) is 13.0. The van der Waals surface area contributed by atoms with Gasteiger partial charge in [-0.3, -0.25) is 4.90 Å². The highest BCUT2D eigenvalue weighted by Crippen LogP contribution is 2.23. The predicted molar refractivity (Wildman–Crippen MR) is 72.2 cm³/mol. The number of rotatable bonds is 3. The second-order valence-electron chi connectivity index (χ2n) is 3.15. The van der Waals surface area contributed by atoms with E-state index in [1.165, 1.54) is 30.1 Å². The fraction of sp³-hybridized carbons (Fsp3) is 0.625. The summed E-state index contributed by atoms with van der Waals surface area (Å²) in [6, 6.07) is 0. The van der Waals surface area contributed by atoms with Crippen molar-refractivity contribution in [2.24, 2.45) is 4.99 Å². The molecule has 1 unspecified atom stereocenters. The van der Waals surface area contributed by atoms with Gasteiger partial charge in [0.1, 0.15) is 6.20 Å². The molecule has 1 heterocycles. The Hall–Kier alpha value is 1.06. The zero-order valence-electron chi connectivity index (χ0n) is 8.81. The summed E-state index contributed by atoms with van der Waals surface area (Å²) in [5, 5.41) is 0. The van der Waals surface area contributed by atoms with Crippen molar-refractivity contribution in [1.29, 1.82) is 0 Å². The normalized spacial score (nSPS) is 19.6. The highest BCUT2D eigenvalue weighted by Gasteiger charge is 2.14. The first-order valence-corrected chi connectivity index (χ1v) is 11.8. The van der Waals surface area contributed by atoms with E-state index in [9.17, 15) is 0 Å². The fourth-order valence-corrected chi connectivity index (χ4v) is 1.07. The molecule has 0 saturated carbocycles. The molecule has 0 aromatic rings. The zero-order chi connectivity index (χ0) is 11.9. The molecule has 0 saturated heterocycles. The van der Waals surface area contributed by atoms with Crippen LogP contribution >= 0.6 is 40.2 Å². The molecule has 15 heavy (non-hydrogen) atoms. The third-order valence-corrected chi connectivity index (χ3v) is 1.81. The predicted octanol–water partition coefficient (Wildman–Crippen LogP) is 2.95. The average Bonchev–Trinajstić information content (AvgIpc) is 2.45. The van der Waals surface area contributed by atoms with E-state index < -0.39 is 9.39 Å². The second kappa shape index (κ2) is 8.20. The van der Waals surface area contributed by atoms with Gasteiger partial charge in [0.05, 0.1) is 12.7 Å². The molecule has 2 nitrogen and oxygen atoms in total. The van der Waals surface area contributed by atoms with Crippen LogP contribution in [-0.4, -0.2) is 21.8 Å². The molecule has 0 radical (unpaired) electrons. The maximum Gasteiger partial charge on any atom is 0.564 e. The van der Waals surface area contributed by atoms with Crippen molar-refractivity contribution in [1.82, 2.24) is 0 Å². The number of hydrogen-bond acceptors (Lipinski definition) is 1. The number of aliphatic imine (C=N–C) groups is 1. The van der Waals surface area contributed by atoms with Crippen LogP contribution in [0.4, 0.5) is 0 Å². The van der Waals surface area contributed by atoms with Gasteiger partial charge in [-0.15, -0.1) is 0 Å². The van der Waals surface area contributed by atoms with Crippen LogP contribution in [-0.2, 0) is 0 Å². The molecule has 1 atom stereocenters. The molecule has 1 aliphatic heterocycles. The third-order valence-electron chi connectivity index (χ3n) is 1.81. The quantitative estimate of drug-likeness (QED) is 0.772. The lowest BCUT2D eigenvalue weighted by Gasteiger charge is -2.07. The van der Waals surface area contributed by atoms with Gasteiger partial charge in [-0.1, -0.05) is 13.3 Å². The molecule has 0 fully saturated rings. The average molecular weight is 308 g/mol. The number of hydrogen-bond donors (Lipinski definition) is 1. The van der Waals surface area contributed by atoms with Gasteiger partial charge < -0.3 is 40.2 Å². The number of nitrogens with zero attached hydrogens (tertiary/aromatic N) is 1. The van der Waals surface area contributed by atoms with Crippen molar-refractivity contribution in [3.05, 3.63) is 12.4 Å². The van der Waals surface area contributed by atoms with Gasteiger partial charge in [0, 0.05) is 6.92 Å². The van der Waals surface area contributed by atoms with E-state index in [0.29, 0.717) is 0 Å². The molecule has 0 bridgehead atoms. The van der Waals surface area contributed by atoms with Crippen molar-refractivity contribution in [3.63, 3.8) is 0 Å². The molecule has 1 N–H and O–H groups in total. The molecule has 7 heteroatoms. The standard InChI is InChI=1S/C8H14N2.Al.4ClH/c1-3-4-6-10-7-5-9-8(10)2;;;;;/h5,7H,3-4,6H2,1-2H3;;4*1H/q;+3;;;;/p-3. The molecule has 0 aromatic heterocycles. The molecule has 1 aliphatic rings. The highest BCUT2D eigenvalue weighted by atomic mass is 35.9. The minimum absolute atomic E-state index is 1.20. The van der Waals surface area contributed by atoms with Gasteiger partial charge in [0.25, 0.3) is 0 Å². The van der Waals surface area contributed by atoms with E-state index in [2.05, 4.69) is 25.0 Å². The number of nitrogens with one attached hydrogen (secondary N) is 1. The van der Waals surface area contributed by atoms with Crippen LogP contribution in [0.5, 0.6) is 0 Å². The van der Waals surface area contributed by atoms with E-state index in [4.69, 9.17) is 40.2 Å². The van der Waals surface area contributed by atoms with Crippen LogP contribution in [0.2, 0.25) is 0 Å². The maximum absolute atomic E-state index is 4.99. The van der Waals surface area contributed by atoms with Crippen molar-refractivity contribution < 1.29 is 4.90 Å². The first-order valence-electron chi connectivity index (χ1n) is 4.79. The Morgan fingerprint density at radius 2 is 1.87 bits per heavy atom. The summed E-state index contributed by atoms with van der Waals surface area (Å²) in [6.07, 6.45) is 6.56. The van der Waals surface area contributed by atoms with Crippen molar-refractivity contribution in [2.45, 2.75) is 26.7 Å². The van der Waals surface area contributed by atoms with Gasteiger partial charge in [-0.25, -0.2) is 4.99 Å². The Morgan fingerprint density at radius 3 is 2.20 bits per heavy atom. The van der Waals surface area contributed by atoms with Crippen LogP contribution < -0.4 is 4.90 Å². The van der Waals surface area contributed by atoms with E-state index >= 15 is 0 Å². The Labute approximate surface area is 110 Å². The van der Waals surface area contributed by atoms with Crippen molar-refractivity contribution in [2.75, 3.05) is 6.54 Å². The Bertz CT molecular complexity index is 231. The van der Waals surface area contributed by atoms with Crippen LogP contribution in [0.15, 0.2) is 17.4 Å². The molecular weight excluding hydrogens is 293 g/mol. The first-order chi connectivity index (χ1) is 6.84. The number of amidine groups is 1. The third kappa shape index (κ3) is 11.3. The Kier molecular flexibility index (Phi) is 8.78. The van der Waals surface area contributed by atoms with Gasteiger partial charge in [-0.05, 0) is 6.42 Å². The van der Waals surface area contributed by atoms with Crippen LogP contribution in [0.3, 0.4) is 0 Å². The SMILES string of the molecule is CCCC[NH+]1C=CN=C1C.[Cl][Al-]([Cl])([Cl])[Cl]. The van der Waals surface area contributed by atoms with E-state index in [1.54, 1.807) is 0 Å². The molecule has 0 spiro atoms. The van der Waals surface area contributed by atoms with E-state index in [0.717, 1.165) is 0 Å². The second-order valence-corrected chi connectivity index (χ2v) is 16.0. The summed E-state index contributed by atoms with van der Waals surface area (Å²) in [6.45, 7) is 5.49. The molecule has 0 amide bonds. The van der Waals surface area contributed by atoms with E-state index in [1.807, 2.05) is 6.20 Å². The molecule has 0 aromatic carbocycles. The monoisotopic (exact) mass is 306 g/mol. The number of quaternary nitrogens is 1. The van der Waals surface area contributed by atoms with Gasteiger partial charge in [0.2, 0.25) is 5.84 Å². The first kappa shape index (κ1) is 16.1. The summed E-state index contributed by atoms with van der Waals surface area (Å²) in [5.41, 5.74) is 0. The molecule has 0 aliphatic carbocycles. The van der Waals surface area contributed by atoms with E-state index in [-0.39, 0.29) is 0 Å². The Balaban J connectivity index is 0.000000336. The lowest BCUT2D eigenvalue weighted by molar-refractivity contribution is -0.745. The van der Waals surface area contributed by atoms with Crippen molar-refractivity contribution in [3.8, 4) is 0 Å². The van der Waals surface area contributed by atoms with Gasteiger partial charge in [-0.2, -0.15) is 0 Å². The lowest BCUT2D eigenvalue weighted by atomic mass is 10.3. The van der Waals surface area contributed by atoms with Gasteiger partial charge >= 0.3 is 9.39 Å². The molecular formula is C8H15AlCl4N2. The minimum atomic E-state index is -2.94. The van der Waals surface area contributed by atoms with Crippen molar-refractivity contribution >= 4 is 55.4 Å². The maximum atomic E-state index is 4.99. The molecule has 88 valence electrons. The van der Waals surface area contributed by atoms with Crippen LogP contribution in [0.1, 0.15) is 26.7 Å². The molecule has 1 rings (SSSR count). The summed E-state index contributed by atoms with van der Waals surface area (Å²) in [5.74, 6) is 1.20.